The Morgan fingerprint density at radius 3 is 2.56 bits per heavy atom. The molecule has 4 nitrogen and oxygen atoms in total. The van der Waals surface area contributed by atoms with Crippen molar-refractivity contribution in [1.29, 1.82) is 0 Å². The highest BCUT2D eigenvalue weighted by Crippen LogP contribution is 2.23. The van der Waals surface area contributed by atoms with E-state index in [1.165, 1.54) is 14.0 Å². The molecule has 0 amide bonds. The van der Waals surface area contributed by atoms with Gasteiger partial charge in [-0.3, -0.25) is 0 Å². The second kappa shape index (κ2) is 5.60. The minimum atomic E-state index is -4.15. The molecule has 1 aromatic heterocycles. The topological polar surface area (TPSA) is 39.1 Å². The van der Waals surface area contributed by atoms with Gasteiger partial charge in [-0.25, -0.2) is 4.68 Å². The summed E-state index contributed by atoms with van der Waals surface area (Å²) in [7, 11) is 3.24. The number of rotatable bonds is 5. The largest absolute Gasteiger partial charge is 0.481 e. The molecule has 1 atom stereocenters. The summed E-state index contributed by atoms with van der Waals surface area (Å²) in [5.41, 5.74) is 1.54. The molecule has 0 radical (unpaired) electrons. The van der Waals surface area contributed by atoms with Crippen molar-refractivity contribution in [2.75, 3.05) is 7.11 Å². The van der Waals surface area contributed by atoms with Crippen LogP contribution in [0.5, 0.6) is 5.88 Å². The number of alkyl halides is 3. The van der Waals surface area contributed by atoms with Gasteiger partial charge in [-0.1, -0.05) is 0 Å². The maximum Gasteiger partial charge on any atom is 0.390 e. The zero-order valence-electron chi connectivity index (χ0n) is 10.9. The van der Waals surface area contributed by atoms with Crippen LogP contribution < -0.4 is 10.1 Å². The van der Waals surface area contributed by atoms with Gasteiger partial charge in [-0.2, -0.15) is 18.3 Å². The first kappa shape index (κ1) is 14.8. The van der Waals surface area contributed by atoms with Crippen LogP contribution in [0.15, 0.2) is 0 Å². The first-order chi connectivity index (χ1) is 8.24. The maximum absolute atomic E-state index is 12.2. The van der Waals surface area contributed by atoms with E-state index in [-0.39, 0.29) is 0 Å². The molecule has 0 aliphatic rings. The van der Waals surface area contributed by atoms with Gasteiger partial charge in [-0.15, -0.1) is 0 Å². The van der Waals surface area contributed by atoms with E-state index in [2.05, 4.69) is 10.4 Å². The predicted molar refractivity (Wildman–Crippen MR) is 61.5 cm³/mol. The van der Waals surface area contributed by atoms with E-state index < -0.39 is 18.6 Å². The van der Waals surface area contributed by atoms with Gasteiger partial charge in [0.1, 0.15) is 0 Å². The lowest BCUT2D eigenvalue weighted by molar-refractivity contribution is -0.139. The lowest BCUT2D eigenvalue weighted by Gasteiger charge is -2.16. The zero-order valence-corrected chi connectivity index (χ0v) is 10.9. The number of nitrogens with one attached hydrogen (secondary N) is 1. The molecule has 1 unspecified atom stereocenters. The molecular weight excluding hydrogens is 247 g/mol. The van der Waals surface area contributed by atoms with Gasteiger partial charge in [0.05, 0.1) is 24.8 Å². The van der Waals surface area contributed by atoms with Gasteiger partial charge in [0, 0.05) is 19.6 Å². The molecule has 1 aromatic rings. The van der Waals surface area contributed by atoms with Crippen LogP contribution >= 0.6 is 0 Å². The molecule has 104 valence electrons. The molecule has 0 spiro atoms. The van der Waals surface area contributed by atoms with E-state index in [4.69, 9.17) is 4.74 Å². The molecule has 0 aliphatic heterocycles. The fraction of sp³-hybridized carbons (Fsp3) is 0.727. The molecule has 1 N–H and O–H groups in total. The highest BCUT2D eigenvalue weighted by molar-refractivity contribution is 5.30. The third kappa shape index (κ3) is 3.90. The van der Waals surface area contributed by atoms with E-state index >= 15 is 0 Å². The first-order valence-electron chi connectivity index (χ1n) is 5.61. The summed E-state index contributed by atoms with van der Waals surface area (Å²) in [5, 5.41) is 6.99. The summed E-state index contributed by atoms with van der Waals surface area (Å²) in [6.07, 6.45) is -5.00. The fourth-order valence-corrected chi connectivity index (χ4v) is 1.84. The van der Waals surface area contributed by atoms with Crippen molar-refractivity contribution >= 4 is 0 Å². The minimum absolute atomic E-state index is 0.306. The van der Waals surface area contributed by atoms with E-state index in [1.54, 1.807) is 18.7 Å². The fourth-order valence-electron chi connectivity index (χ4n) is 1.84. The van der Waals surface area contributed by atoms with Crippen molar-refractivity contribution in [1.82, 2.24) is 15.1 Å². The summed E-state index contributed by atoms with van der Waals surface area (Å²) in [6, 6.07) is -0.644. The molecule has 1 rings (SSSR count). The number of methoxy groups -OCH3 is 1. The van der Waals surface area contributed by atoms with E-state index in [0.717, 1.165) is 11.3 Å². The number of halogens is 3. The quantitative estimate of drug-likeness (QED) is 0.886. The average Bonchev–Trinajstić information content (AvgIpc) is 2.47. The van der Waals surface area contributed by atoms with Crippen LogP contribution in [0.2, 0.25) is 0 Å². The van der Waals surface area contributed by atoms with Crippen LogP contribution in [-0.4, -0.2) is 29.1 Å². The summed E-state index contributed by atoms with van der Waals surface area (Å²) in [5.74, 6) is 0.569. The van der Waals surface area contributed by atoms with Crippen molar-refractivity contribution in [3.8, 4) is 5.88 Å². The number of aromatic nitrogens is 2. The van der Waals surface area contributed by atoms with Gasteiger partial charge >= 0.3 is 6.18 Å². The van der Waals surface area contributed by atoms with Gasteiger partial charge in [0.15, 0.2) is 0 Å². The second-order valence-electron chi connectivity index (χ2n) is 4.30. The Morgan fingerprint density at radius 1 is 1.44 bits per heavy atom. The number of hydrogen-bond acceptors (Lipinski definition) is 3. The molecule has 0 fully saturated rings. The van der Waals surface area contributed by atoms with Crippen LogP contribution in [0.3, 0.4) is 0 Å². The van der Waals surface area contributed by atoms with E-state index in [9.17, 15) is 13.2 Å². The Hall–Kier alpha value is -1.24. The molecule has 0 aliphatic carbocycles. The van der Waals surface area contributed by atoms with Crippen molar-refractivity contribution < 1.29 is 17.9 Å². The van der Waals surface area contributed by atoms with Crippen molar-refractivity contribution in [2.24, 2.45) is 7.05 Å². The van der Waals surface area contributed by atoms with Gasteiger partial charge in [-0.05, 0) is 13.8 Å². The molecule has 18 heavy (non-hydrogen) atoms. The molecule has 1 heterocycles. The lowest BCUT2D eigenvalue weighted by atomic mass is 10.2. The molecule has 0 aromatic carbocycles. The third-order valence-electron chi connectivity index (χ3n) is 2.65. The SMILES string of the molecule is COc1c(CNC(C)CC(F)(F)F)c(C)nn1C. The zero-order chi connectivity index (χ0) is 13.9. The summed E-state index contributed by atoms with van der Waals surface area (Å²) in [4.78, 5) is 0. The first-order valence-corrected chi connectivity index (χ1v) is 5.61. The van der Waals surface area contributed by atoms with Crippen LogP contribution in [0.1, 0.15) is 24.6 Å². The van der Waals surface area contributed by atoms with E-state index in [1.807, 2.05) is 0 Å². The lowest BCUT2D eigenvalue weighted by Crippen LogP contribution is -2.30. The predicted octanol–water partition coefficient (Wildman–Crippen LogP) is 2.17. The molecular formula is C11H18F3N3O. The van der Waals surface area contributed by atoms with Gasteiger partial charge < -0.3 is 10.1 Å². The molecule has 0 saturated heterocycles. The van der Waals surface area contributed by atoms with E-state index in [0.29, 0.717) is 12.4 Å². The Morgan fingerprint density at radius 2 is 2.06 bits per heavy atom. The highest BCUT2D eigenvalue weighted by atomic mass is 19.4. The Bertz CT molecular complexity index is 401. The Kier molecular flexibility index (Phi) is 4.61. The molecule has 0 bridgehead atoms. The van der Waals surface area contributed by atoms with Gasteiger partial charge in [0.2, 0.25) is 5.88 Å². The summed E-state index contributed by atoms with van der Waals surface area (Å²) < 4.78 is 43.3. The molecule has 7 heteroatoms. The standard InChI is InChI=1S/C11H18F3N3O/c1-7(5-11(12,13)14)15-6-9-8(2)16-17(3)10(9)18-4/h7,15H,5-6H2,1-4H3. The third-order valence-corrected chi connectivity index (χ3v) is 2.65. The highest BCUT2D eigenvalue weighted by Gasteiger charge is 2.30. The smallest absolute Gasteiger partial charge is 0.390 e. The molecule has 0 saturated carbocycles. The normalized spacial score (nSPS) is 13.7. The number of aryl methyl sites for hydroxylation is 2. The van der Waals surface area contributed by atoms with Crippen LogP contribution in [0.25, 0.3) is 0 Å². The number of ether oxygens (including phenoxy) is 1. The van der Waals surface area contributed by atoms with Crippen molar-refractivity contribution in [3.05, 3.63) is 11.3 Å². The Balaban J connectivity index is 2.63. The average molecular weight is 265 g/mol. The number of hydrogen-bond donors (Lipinski definition) is 1. The van der Waals surface area contributed by atoms with Crippen molar-refractivity contribution in [2.45, 2.75) is 39.0 Å². The van der Waals surface area contributed by atoms with Crippen molar-refractivity contribution in [3.63, 3.8) is 0 Å². The summed E-state index contributed by atoms with van der Waals surface area (Å²) in [6.45, 7) is 3.61. The minimum Gasteiger partial charge on any atom is -0.481 e. The maximum atomic E-state index is 12.2. The van der Waals surface area contributed by atoms with Gasteiger partial charge in [0.25, 0.3) is 0 Å². The number of nitrogens with zero attached hydrogens (tertiary/aromatic N) is 2. The monoisotopic (exact) mass is 265 g/mol. The summed E-state index contributed by atoms with van der Waals surface area (Å²) >= 11 is 0. The Labute approximate surface area is 104 Å². The van der Waals surface area contributed by atoms with Crippen LogP contribution in [0.4, 0.5) is 13.2 Å². The second-order valence-corrected chi connectivity index (χ2v) is 4.30. The van der Waals surface area contributed by atoms with Crippen LogP contribution in [0, 0.1) is 6.92 Å². The van der Waals surface area contributed by atoms with Crippen LogP contribution in [-0.2, 0) is 13.6 Å².